The van der Waals surface area contributed by atoms with E-state index in [2.05, 4.69) is 0 Å². The van der Waals surface area contributed by atoms with Crippen molar-refractivity contribution in [2.24, 2.45) is 11.8 Å². The first kappa shape index (κ1) is 23.1. The highest BCUT2D eigenvalue weighted by Crippen LogP contribution is 2.34. The van der Waals surface area contributed by atoms with Crippen molar-refractivity contribution in [3.05, 3.63) is 29.8 Å². The summed E-state index contributed by atoms with van der Waals surface area (Å²) in [4.78, 5) is 14.3. The second kappa shape index (κ2) is 8.86. The van der Waals surface area contributed by atoms with Gasteiger partial charge in [0.2, 0.25) is 15.9 Å². The van der Waals surface area contributed by atoms with Crippen LogP contribution in [0.25, 0.3) is 0 Å². The van der Waals surface area contributed by atoms with E-state index in [0.717, 1.165) is 5.56 Å². The molecule has 0 spiro atoms. The van der Waals surface area contributed by atoms with Crippen LogP contribution in [0, 0.1) is 11.8 Å². The highest BCUT2D eigenvalue weighted by Gasteiger charge is 2.44. The number of benzene rings is 1. The van der Waals surface area contributed by atoms with Crippen molar-refractivity contribution in [1.82, 2.24) is 9.21 Å². The van der Waals surface area contributed by atoms with Gasteiger partial charge in [-0.25, -0.2) is 8.42 Å². The van der Waals surface area contributed by atoms with E-state index in [4.69, 9.17) is 0 Å². The highest BCUT2D eigenvalue weighted by atomic mass is 32.2. The first-order valence-electron chi connectivity index (χ1n) is 10.5. The van der Waals surface area contributed by atoms with E-state index in [1.165, 1.54) is 9.21 Å². The van der Waals surface area contributed by atoms with Crippen molar-refractivity contribution in [2.45, 2.75) is 56.5 Å². The number of likely N-dealkylation sites (tertiary alicyclic amines) is 1. The first-order valence-corrected chi connectivity index (χ1v) is 11.9. The Morgan fingerprint density at radius 3 is 2.17 bits per heavy atom. The molecule has 9 heteroatoms. The minimum Gasteiger partial charge on any atom is -0.342 e. The fraction of sp³-hybridized carbons (Fsp3) is 0.667. The fourth-order valence-corrected chi connectivity index (χ4v) is 5.69. The molecule has 30 heavy (non-hydrogen) atoms. The van der Waals surface area contributed by atoms with E-state index in [1.807, 2.05) is 13.8 Å². The summed E-state index contributed by atoms with van der Waals surface area (Å²) in [6.45, 7) is 4.51. The van der Waals surface area contributed by atoms with Gasteiger partial charge in [0.25, 0.3) is 0 Å². The number of rotatable bonds is 4. The first-order chi connectivity index (χ1) is 14.0. The molecule has 0 aliphatic carbocycles. The molecule has 1 aromatic rings. The van der Waals surface area contributed by atoms with Crippen LogP contribution in [0.2, 0.25) is 0 Å². The summed E-state index contributed by atoms with van der Waals surface area (Å²) < 4.78 is 66.2. The zero-order valence-corrected chi connectivity index (χ0v) is 18.2. The number of alkyl halides is 3. The number of hydrogen-bond donors (Lipinski definition) is 0. The zero-order valence-electron chi connectivity index (χ0n) is 17.4. The summed E-state index contributed by atoms with van der Waals surface area (Å²) in [5.41, 5.74) is 1.05. The molecule has 1 aromatic carbocycles. The van der Waals surface area contributed by atoms with E-state index in [1.54, 1.807) is 24.3 Å². The van der Waals surface area contributed by atoms with E-state index in [0.29, 0.717) is 31.7 Å². The van der Waals surface area contributed by atoms with E-state index in [9.17, 15) is 26.4 Å². The Bertz CT molecular complexity index is 845. The predicted octanol–water partition coefficient (Wildman–Crippen LogP) is 4.01. The Balaban J connectivity index is 1.60. The Kier molecular flexibility index (Phi) is 6.81. The third kappa shape index (κ3) is 4.99. The summed E-state index contributed by atoms with van der Waals surface area (Å²) >= 11 is 0. The molecule has 2 fully saturated rings. The second-order valence-electron chi connectivity index (χ2n) is 8.57. The number of carbonyl (C=O) groups is 1. The smallest absolute Gasteiger partial charge is 0.342 e. The number of halogens is 3. The molecule has 1 amide bonds. The van der Waals surface area contributed by atoms with Gasteiger partial charge in [-0.2, -0.15) is 17.5 Å². The molecular formula is C21H29F3N2O3S. The highest BCUT2D eigenvalue weighted by molar-refractivity contribution is 7.89. The Morgan fingerprint density at radius 2 is 1.63 bits per heavy atom. The van der Waals surface area contributed by atoms with Crippen LogP contribution < -0.4 is 0 Å². The van der Waals surface area contributed by atoms with Gasteiger partial charge in [0.05, 0.1) is 10.8 Å². The van der Waals surface area contributed by atoms with Crippen molar-refractivity contribution >= 4 is 15.9 Å². The standard InChI is InChI=1S/C21H29F3N2O3S/c1-15(2)16-5-7-19(8-6-16)30(28,29)26-12-9-17(10-13-26)20(27)25-11-3-4-18(14-25)21(22,23)24/h5-8,15,17-18H,3-4,9-14H2,1-2H3. The van der Waals surface area contributed by atoms with Crippen molar-refractivity contribution in [2.75, 3.05) is 26.2 Å². The maximum Gasteiger partial charge on any atom is 0.393 e. The third-order valence-electron chi connectivity index (χ3n) is 6.18. The molecule has 2 heterocycles. The number of sulfonamides is 1. The van der Waals surface area contributed by atoms with Crippen LogP contribution in [0.1, 0.15) is 51.0 Å². The predicted molar refractivity (Wildman–Crippen MR) is 107 cm³/mol. The van der Waals surface area contributed by atoms with Crippen LogP contribution >= 0.6 is 0 Å². The molecule has 0 bridgehead atoms. The average molecular weight is 447 g/mol. The van der Waals surface area contributed by atoms with Crippen LogP contribution in [0.3, 0.4) is 0 Å². The van der Waals surface area contributed by atoms with Crippen molar-refractivity contribution in [3.63, 3.8) is 0 Å². The van der Waals surface area contributed by atoms with Gasteiger partial charge < -0.3 is 4.90 Å². The van der Waals surface area contributed by atoms with Gasteiger partial charge in [-0.15, -0.1) is 0 Å². The second-order valence-corrected chi connectivity index (χ2v) is 10.5. The molecule has 2 aliphatic heterocycles. The molecule has 0 N–H and O–H groups in total. The number of amides is 1. The van der Waals surface area contributed by atoms with Crippen LogP contribution in [0.4, 0.5) is 13.2 Å². The summed E-state index contributed by atoms with van der Waals surface area (Å²) in [5.74, 6) is -1.87. The molecule has 5 nitrogen and oxygen atoms in total. The van der Waals surface area contributed by atoms with Crippen molar-refractivity contribution in [3.8, 4) is 0 Å². The lowest BCUT2D eigenvalue weighted by Gasteiger charge is -2.38. The number of hydrogen-bond acceptors (Lipinski definition) is 3. The molecule has 3 rings (SSSR count). The average Bonchev–Trinajstić information content (AvgIpc) is 2.73. The molecule has 1 unspecified atom stereocenters. The van der Waals surface area contributed by atoms with Crippen LogP contribution in [0.5, 0.6) is 0 Å². The lowest BCUT2D eigenvalue weighted by atomic mass is 9.92. The maximum atomic E-state index is 13.0. The molecule has 2 saturated heterocycles. The number of carbonyl (C=O) groups excluding carboxylic acids is 1. The molecule has 0 aromatic heterocycles. The summed E-state index contributed by atoms with van der Waals surface area (Å²) in [6, 6.07) is 6.82. The molecule has 168 valence electrons. The Labute approximate surface area is 176 Å². The summed E-state index contributed by atoms with van der Waals surface area (Å²) in [5, 5.41) is 0. The van der Waals surface area contributed by atoms with Gasteiger partial charge in [0, 0.05) is 32.1 Å². The van der Waals surface area contributed by atoms with Crippen molar-refractivity contribution < 1.29 is 26.4 Å². The van der Waals surface area contributed by atoms with E-state index >= 15 is 0 Å². The van der Waals surface area contributed by atoms with Crippen molar-refractivity contribution in [1.29, 1.82) is 0 Å². The topological polar surface area (TPSA) is 57.7 Å². The molecule has 2 aliphatic rings. The van der Waals surface area contributed by atoms with Gasteiger partial charge in [-0.3, -0.25) is 4.79 Å². The van der Waals surface area contributed by atoms with Gasteiger partial charge in [-0.05, 0) is 49.3 Å². The van der Waals surface area contributed by atoms with Crippen LogP contribution in [-0.2, 0) is 14.8 Å². The van der Waals surface area contributed by atoms with Gasteiger partial charge in [-0.1, -0.05) is 26.0 Å². The molecule has 1 atom stereocenters. The molecular weight excluding hydrogens is 417 g/mol. The lowest BCUT2D eigenvalue weighted by Crippen LogP contribution is -2.49. The quantitative estimate of drug-likeness (QED) is 0.702. The largest absolute Gasteiger partial charge is 0.393 e. The number of piperidine rings is 2. The lowest BCUT2D eigenvalue weighted by molar-refractivity contribution is -0.188. The minimum atomic E-state index is -4.29. The van der Waals surface area contributed by atoms with E-state index in [-0.39, 0.29) is 36.9 Å². The minimum absolute atomic E-state index is 0.0551. The monoisotopic (exact) mass is 446 g/mol. The fourth-order valence-electron chi connectivity index (χ4n) is 4.22. The van der Waals surface area contributed by atoms with Crippen LogP contribution in [0.15, 0.2) is 29.2 Å². The van der Waals surface area contributed by atoms with E-state index < -0.39 is 28.0 Å². The SMILES string of the molecule is CC(C)c1ccc(S(=O)(=O)N2CCC(C(=O)N3CCCC(C(F)(F)F)C3)CC2)cc1. The normalized spacial score (nSPS) is 22.5. The third-order valence-corrected chi connectivity index (χ3v) is 8.10. The zero-order chi connectivity index (χ0) is 22.1. The molecule has 0 radical (unpaired) electrons. The van der Waals surface area contributed by atoms with Gasteiger partial charge in [0.1, 0.15) is 0 Å². The van der Waals surface area contributed by atoms with Gasteiger partial charge >= 0.3 is 6.18 Å². The Morgan fingerprint density at radius 1 is 1.03 bits per heavy atom. The summed E-state index contributed by atoms with van der Waals surface area (Å²) in [7, 11) is -3.65. The van der Waals surface area contributed by atoms with Gasteiger partial charge in [0.15, 0.2) is 0 Å². The Hall–Kier alpha value is -1.61. The van der Waals surface area contributed by atoms with Crippen LogP contribution in [-0.4, -0.2) is 55.9 Å². The number of nitrogens with zero attached hydrogens (tertiary/aromatic N) is 2. The summed E-state index contributed by atoms with van der Waals surface area (Å²) in [6.07, 6.45) is -3.23. The maximum absolute atomic E-state index is 13.0. The molecule has 0 saturated carbocycles.